The average molecular weight is 374 g/mol. The molecule has 0 saturated heterocycles. The van der Waals surface area contributed by atoms with Crippen molar-refractivity contribution in [2.45, 2.75) is 63.5 Å². The third-order valence-corrected chi connectivity index (χ3v) is 6.73. The standard InChI is InChI=1S/C21H27NO3S/c1-21(2,3)14-11-9-13(10-12-14)18(23)22-19-17(20(24)25)15-7-5-4-6-8-16(15)26-19/h9-12,15-16H,4-8H2,1-3H3,(H,22,23)(H,24,25). The van der Waals surface area contributed by atoms with Crippen molar-refractivity contribution in [3.05, 3.63) is 46.0 Å². The first-order valence-electron chi connectivity index (χ1n) is 9.33. The number of amides is 1. The monoisotopic (exact) mass is 373 g/mol. The molecule has 4 nitrogen and oxygen atoms in total. The molecule has 1 aliphatic carbocycles. The van der Waals surface area contributed by atoms with Crippen LogP contribution in [0.4, 0.5) is 0 Å². The number of aliphatic carboxylic acids is 1. The number of hydrogen-bond donors (Lipinski definition) is 2. The zero-order chi connectivity index (χ0) is 18.9. The Balaban J connectivity index is 1.80. The minimum Gasteiger partial charge on any atom is -0.478 e. The molecule has 2 unspecified atom stereocenters. The van der Waals surface area contributed by atoms with Crippen molar-refractivity contribution < 1.29 is 14.7 Å². The lowest BCUT2D eigenvalue weighted by Gasteiger charge is -2.19. The Morgan fingerprint density at radius 1 is 1.08 bits per heavy atom. The van der Waals surface area contributed by atoms with Crippen LogP contribution in [0.15, 0.2) is 34.9 Å². The van der Waals surface area contributed by atoms with Gasteiger partial charge in [-0.05, 0) is 36.0 Å². The van der Waals surface area contributed by atoms with Crippen LogP contribution < -0.4 is 5.32 Å². The molecule has 26 heavy (non-hydrogen) atoms. The fourth-order valence-electron chi connectivity index (χ4n) is 3.78. The summed E-state index contributed by atoms with van der Waals surface area (Å²) in [5.74, 6) is -1.08. The molecule has 2 N–H and O–H groups in total. The van der Waals surface area contributed by atoms with E-state index in [2.05, 4.69) is 26.1 Å². The molecule has 2 aliphatic rings. The summed E-state index contributed by atoms with van der Waals surface area (Å²) < 4.78 is 0. The molecule has 3 rings (SSSR count). The van der Waals surface area contributed by atoms with Gasteiger partial charge in [-0.15, -0.1) is 11.8 Å². The van der Waals surface area contributed by atoms with E-state index in [4.69, 9.17) is 0 Å². The minimum absolute atomic E-state index is 0.0313. The lowest BCUT2D eigenvalue weighted by molar-refractivity contribution is -0.133. The van der Waals surface area contributed by atoms with Crippen LogP contribution in [-0.4, -0.2) is 22.2 Å². The van der Waals surface area contributed by atoms with Crippen molar-refractivity contribution in [1.29, 1.82) is 0 Å². The van der Waals surface area contributed by atoms with Crippen LogP contribution in [0.1, 0.15) is 68.8 Å². The Morgan fingerprint density at radius 2 is 1.73 bits per heavy atom. The summed E-state index contributed by atoms with van der Waals surface area (Å²) in [7, 11) is 0. The molecule has 1 amide bonds. The second-order valence-corrected chi connectivity index (χ2v) is 9.48. The average Bonchev–Trinajstić information content (AvgIpc) is 2.75. The zero-order valence-corrected chi connectivity index (χ0v) is 16.5. The van der Waals surface area contributed by atoms with Gasteiger partial charge in [0.05, 0.1) is 10.6 Å². The molecule has 2 atom stereocenters. The smallest absolute Gasteiger partial charge is 0.334 e. The Morgan fingerprint density at radius 3 is 2.35 bits per heavy atom. The molecule has 1 saturated carbocycles. The Labute approximate surface area is 159 Å². The Hall–Kier alpha value is -1.75. The molecule has 1 aliphatic heterocycles. The summed E-state index contributed by atoms with van der Waals surface area (Å²) in [5.41, 5.74) is 2.16. The van der Waals surface area contributed by atoms with Crippen molar-refractivity contribution in [2.24, 2.45) is 5.92 Å². The molecule has 1 aromatic carbocycles. The lowest BCUT2D eigenvalue weighted by Crippen LogP contribution is -2.24. The molecule has 0 radical (unpaired) electrons. The predicted molar refractivity (Wildman–Crippen MR) is 105 cm³/mol. The number of rotatable bonds is 3. The summed E-state index contributed by atoms with van der Waals surface area (Å²) >= 11 is 1.54. The quantitative estimate of drug-likeness (QED) is 0.805. The van der Waals surface area contributed by atoms with Crippen molar-refractivity contribution in [3.8, 4) is 0 Å². The minimum atomic E-state index is -0.898. The van der Waals surface area contributed by atoms with Crippen molar-refractivity contribution in [2.75, 3.05) is 0 Å². The first-order valence-corrected chi connectivity index (χ1v) is 10.2. The van der Waals surface area contributed by atoms with Gasteiger partial charge in [0, 0.05) is 16.7 Å². The predicted octanol–water partition coefficient (Wildman–Crippen LogP) is 4.71. The van der Waals surface area contributed by atoms with E-state index in [1.54, 1.807) is 11.8 Å². The normalized spacial score (nSPS) is 23.3. The van der Waals surface area contributed by atoms with Gasteiger partial charge in [0.2, 0.25) is 0 Å². The molecule has 0 spiro atoms. The zero-order valence-electron chi connectivity index (χ0n) is 15.7. The van der Waals surface area contributed by atoms with Crippen LogP contribution in [0.25, 0.3) is 0 Å². The Bertz CT molecular complexity index is 731. The van der Waals surface area contributed by atoms with Gasteiger partial charge in [0.15, 0.2) is 0 Å². The van der Waals surface area contributed by atoms with Crippen LogP contribution in [-0.2, 0) is 10.2 Å². The van der Waals surface area contributed by atoms with E-state index in [0.717, 1.165) is 31.2 Å². The maximum Gasteiger partial charge on any atom is 0.334 e. The molecule has 0 aromatic heterocycles. The second-order valence-electron chi connectivity index (χ2n) is 8.23. The fourth-order valence-corrected chi connectivity index (χ4v) is 5.32. The number of carboxylic acids is 1. The highest BCUT2D eigenvalue weighted by Gasteiger charge is 2.40. The molecular formula is C21H27NO3S. The first kappa shape index (κ1) is 19.0. The number of fused-ring (bicyclic) bond motifs is 1. The van der Waals surface area contributed by atoms with Crippen LogP contribution in [0, 0.1) is 5.92 Å². The second kappa shape index (κ2) is 7.47. The largest absolute Gasteiger partial charge is 0.478 e. The van der Waals surface area contributed by atoms with Crippen molar-refractivity contribution in [1.82, 2.24) is 5.32 Å². The van der Waals surface area contributed by atoms with Crippen LogP contribution >= 0.6 is 11.8 Å². The summed E-state index contributed by atoms with van der Waals surface area (Å²) in [6.07, 6.45) is 5.29. The number of carboxylic acid groups (broad SMARTS) is 1. The van der Waals surface area contributed by atoms with Gasteiger partial charge in [0.1, 0.15) is 0 Å². The molecule has 1 fully saturated rings. The van der Waals surface area contributed by atoms with E-state index in [1.165, 1.54) is 6.42 Å². The maximum atomic E-state index is 12.7. The fraction of sp³-hybridized carbons (Fsp3) is 0.524. The van der Waals surface area contributed by atoms with Crippen LogP contribution in [0.3, 0.4) is 0 Å². The molecule has 1 heterocycles. The molecule has 140 valence electrons. The van der Waals surface area contributed by atoms with Gasteiger partial charge >= 0.3 is 5.97 Å². The van der Waals surface area contributed by atoms with E-state index in [1.807, 2.05) is 24.3 Å². The van der Waals surface area contributed by atoms with E-state index in [9.17, 15) is 14.7 Å². The number of hydrogen-bond acceptors (Lipinski definition) is 3. The van der Waals surface area contributed by atoms with Gasteiger partial charge in [-0.3, -0.25) is 4.79 Å². The Kier molecular flexibility index (Phi) is 5.47. The summed E-state index contributed by atoms with van der Waals surface area (Å²) in [4.78, 5) is 24.5. The lowest BCUT2D eigenvalue weighted by atomic mass is 9.86. The molecule has 0 bridgehead atoms. The van der Waals surface area contributed by atoms with Crippen molar-refractivity contribution in [3.63, 3.8) is 0 Å². The van der Waals surface area contributed by atoms with E-state index >= 15 is 0 Å². The summed E-state index contributed by atoms with van der Waals surface area (Å²) in [6.45, 7) is 6.39. The van der Waals surface area contributed by atoms with Gasteiger partial charge in [-0.25, -0.2) is 4.79 Å². The van der Waals surface area contributed by atoms with Crippen LogP contribution in [0.2, 0.25) is 0 Å². The maximum absolute atomic E-state index is 12.7. The van der Waals surface area contributed by atoms with Gasteiger partial charge in [0.25, 0.3) is 5.91 Å². The molecule has 5 heteroatoms. The summed E-state index contributed by atoms with van der Waals surface area (Å²) in [6, 6.07) is 7.56. The van der Waals surface area contributed by atoms with Crippen molar-refractivity contribution >= 4 is 23.6 Å². The van der Waals surface area contributed by atoms with Gasteiger partial charge in [-0.1, -0.05) is 52.2 Å². The third kappa shape index (κ3) is 3.98. The number of carbonyl (C=O) groups is 2. The van der Waals surface area contributed by atoms with Gasteiger partial charge in [-0.2, -0.15) is 0 Å². The number of benzene rings is 1. The first-order chi connectivity index (χ1) is 12.3. The highest BCUT2D eigenvalue weighted by atomic mass is 32.2. The third-order valence-electron chi connectivity index (χ3n) is 5.31. The van der Waals surface area contributed by atoms with E-state index < -0.39 is 5.97 Å². The summed E-state index contributed by atoms with van der Waals surface area (Å²) in [5, 5.41) is 13.4. The topological polar surface area (TPSA) is 66.4 Å². The SMILES string of the molecule is CC(C)(C)c1ccc(C(=O)NC2=C(C(=O)O)C3CCCCCC3S2)cc1. The van der Waals surface area contributed by atoms with E-state index in [-0.39, 0.29) is 22.5 Å². The molecular weight excluding hydrogens is 346 g/mol. The van der Waals surface area contributed by atoms with E-state index in [0.29, 0.717) is 16.2 Å². The number of nitrogens with one attached hydrogen (secondary N) is 1. The number of carbonyl (C=O) groups excluding carboxylic acids is 1. The highest BCUT2D eigenvalue weighted by molar-refractivity contribution is 8.04. The number of thioether (sulfide) groups is 1. The highest BCUT2D eigenvalue weighted by Crippen LogP contribution is 2.47. The van der Waals surface area contributed by atoms with Gasteiger partial charge < -0.3 is 10.4 Å². The van der Waals surface area contributed by atoms with Crippen LogP contribution in [0.5, 0.6) is 0 Å². The molecule has 1 aromatic rings.